The molecule has 0 amide bonds. The van der Waals surface area contributed by atoms with Crippen LogP contribution in [0.2, 0.25) is 0 Å². The zero-order valence-electron chi connectivity index (χ0n) is 9.70. The number of rotatable bonds is 3. The second-order valence-electron chi connectivity index (χ2n) is 4.40. The van der Waals surface area contributed by atoms with Crippen LogP contribution in [0.4, 0.5) is 0 Å². The molecular formula is C11H17BrN2OS. The van der Waals surface area contributed by atoms with Crippen molar-refractivity contribution in [2.24, 2.45) is 0 Å². The third-order valence-corrected chi connectivity index (χ3v) is 4.47. The third kappa shape index (κ3) is 3.03. The summed E-state index contributed by atoms with van der Waals surface area (Å²) >= 11 is 5.28. The summed E-state index contributed by atoms with van der Waals surface area (Å²) in [4.78, 5) is 8.20. The maximum absolute atomic E-state index is 5.41. The number of thiazole rings is 1. The fraction of sp³-hybridized carbons (Fsp3) is 0.727. The Bertz CT molecular complexity index is 348. The summed E-state index contributed by atoms with van der Waals surface area (Å²) in [5, 5.41) is 0. The molecule has 1 saturated heterocycles. The highest BCUT2D eigenvalue weighted by atomic mass is 79.9. The van der Waals surface area contributed by atoms with Gasteiger partial charge in [0.1, 0.15) is 0 Å². The molecule has 0 aliphatic carbocycles. The molecule has 2 heterocycles. The summed E-state index contributed by atoms with van der Waals surface area (Å²) in [6.45, 7) is 2.71. The lowest BCUT2D eigenvalue weighted by Crippen LogP contribution is -2.17. The first kappa shape index (κ1) is 12.5. The van der Waals surface area contributed by atoms with Crippen molar-refractivity contribution < 1.29 is 4.74 Å². The topological polar surface area (TPSA) is 25.4 Å². The number of halogens is 1. The molecule has 0 atom stereocenters. The molecule has 1 aromatic heterocycles. The Labute approximate surface area is 109 Å². The van der Waals surface area contributed by atoms with Gasteiger partial charge in [-0.2, -0.15) is 0 Å². The average molecular weight is 305 g/mol. The molecule has 0 radical (unpaired) electrons. The molecule has 0 aromatic carbocycles. The summed E-state index contributed by atoms with van der Waals surface area (Å²) in [5.74, 6) is 0.646. The van der Waals surface area contributed by atoms with E-state index in [0.29, 0.717) is 5.92 Å². The maximum Gasteiger partial charge on any atom is 0.159 e. The fourth-order valence-corrected chi connectivity index (χ4v) is 3.73. The van der Waals surface area contributed by atoms with Gasteiger partial charge in [-0.1, -0.05) is 0 Å². The Kier molecular flexibility index (Phi) is 4.35. The molecule has 1 fully saturated rings. The van der Waals surface area contributed by atoms with Crippen molar-refractivity contribution in [1.82, 2.24) is 9.88 Å². The van der Waals surface area contributed by atoms with Crippen molar-refractivity contribution in [3.8, 4) is 0 Å². The normalized spacial score (nSPS) is 18.2. The quantitative estimate of drug-likeness (QED) is 0.858. The Morgan fingerprint density at radius 1 is 1.44 bits per heavy atom. The van der Waals surface area contributed by atoms with Crippen molar-refractivity contribution in [1.29, 1.82) is 0 Å². The number of nitrogens with zero attached hydrogens (tertiary/aromatic N) is 2. The average Bonchev–Trinajstić information content (AvgIpc) is 2.60. The van der Waals surface area contributed by atoms with Crippen molar-refractivity contribution in [2.45, 2.75) is 25.3 Å². The predicted octanol–water partition coefficient (Wildman–Crippen LogP) is 2.86. The molecule has 1 aromatic rings. The van der Waals surface area contributed by atoms with Crippen molar-refractivity contribution in [2.75, 3.05) is 27.3 Å². The molecule has 90 valence electrons. The van der Waals surface area contributed by atoms with Gasteiger partial charge >= 0.3 is 0 Å². The van der Waals surface area contributed by atoms with Crippen LogP contribution >= 0.6 is 27.3 Å². The van der Waals surface area contributed by atoms with E-state index in [1.807, 2.05) is 0 Å². The monoisotopic (exact) mass is 304 g/mol. The molecular weight excluding hydrogens is 288 g/mol. The van der Waals surface area contributed by atoms with Gasteiger partial charge in [0.25, 0.3) is 0 Å². The van der Waals surface area contributed by atoms with Crippen LogP contribution in [0, 0.1) is 0 Å². The van der Waals surface area contributed by atoms with Gasteiger partial charge in [-0.25, -0.2) is 4.98 Å². The van der Waals surface area contributed by atoms with E-state index in [0.717, 1.165) is 36.5 Å². The zero-order valence-corrected chi connectivity index (χ0v) is 12.1. The van der Waals surface area contributed by atoms with Crippen LogP contribution in [0.3, 0.4) is 0 Å². The Morgan fingerprint density at radius 3 is 2.75 bits per heavy atom. The van der Waals surface area contributed by atoms with Crippen molar-refractivity contribution in [3.63, 3.8) is 0 Å². The largest absolute Gasteiger partial charge is 0.381 e. The Hall–Kier alpha value is 0.0300. The highest BCUT2D eigenvalue weighted by molar-refractivity contribution is 9.11. The minimum atomic E-state index is 0.646. The maximum atomic E-state index is 5.41. The summed E-state index contributed by atoms with van der Waals surface area (Å²) < 4.78 is 6.42. The predicted molar refractivity (Wildman–Crippen MR) is 70.0 cm³/mol. The van der Waals surface area contributed by atoms with Crippen LogP contribution < -0.4 is 0 Å². The van der Waals surface area contributed by atoms with Gasteiger partial charge in [0, 0.05) is 24.6 Å². The van der Waals surface area contributed by atoms with Crippen LogP contribution in [-0.4, -0.2) is 37.2 Å². The zero-order chi connectivity index (χ0) is 11.5. The highest BCUT2D eigenvalue weighted by Crippen LogP contribution is 2.36. The van der Waals surface area contributed by atoms with E-state index < -0.39 is 0 Å². The number of hydrogen-bond acceptors (Lipinski definition) is 4. The van der Waals surface area contributed by atoms with Gasteiger partial charge in [-0.05, 0) is 48.8 Å². The minimum Gasteiger partial charge on any atom is -0.381 e. The third-order valence-electron chi connectivity index (χ3n) is 2.76. The van der Waals surface area contributed by atoms with Gasteiger partial charge in [-0.15, -0.1) is 11.3 Å². The molecule has 0 unspecified atom stereocenters. The SMILES string of the molecule is CN(C)Cc1nc(Br)sc1C1CCOCC1. The van der Waals surface area contributed by atoms with Crippen molar-refractivity contribution >= 4 is 27.3 Å². The molecule has 0 bridgehead atoms. The molecule has 0 spiro atoms. The van der Waals surface area contributed by atoms with E-state index in [1.165, 1.54) is 10.6 Å². The van der Waals surface area contributed by atoms with E-state index in [9.17, 15) is 0 Å². The van der Waals surface area contributed by atoms with Gasteiger partial charge in [0.15, 0.2) is 3.92 Å². The second kappa shape index (κ2) is 5.58. The van der Waals surface area contributed by atoms with Gasteiger partial charge in [0.2, 0.25) is 0 Å². The van der Waals surface area contributed by atoms with Crippen LogP contribution in [-0.2, 0) is 11.3 Å². The number of ether oxygens (including phenoxy) is 1. The lowest BCUT2D eigenvalue weighted by atomic mass is 9.97. The Morgan fingerprint density at radius 2 is 2.12 bits per heavy atom. The van der Waals surface area contributed by atoms with Gasteiger partial charge in [-0.3, -0.25) is 0 Å². The van der Waals surface area contributed by atoms with E-state index in [1.54, 1.807) is 11.3 Å². The van der Waals surface area contributed by atoms with E-state index in [-0.39, 0.29) is 0 Å². The first-order valence-corrected chi connectivity index (χ1v) is 7.15. The lowest BCUT2D eigenvalue weighted by molar-refractivity contribution is 0.0857. The van der Waals surface area contributed by atoms with Gasteiger partial charge in [0.05, 0.1) is 5.69 Å². The second-order valence-corrected chi connectivity index (χ2v) is 6.71. The molecule has 1 aliphatic heterocycles. The van der Waals surface area contributed by atoms with Gasteiger partial charge < -0.3 is 9.64 Å². The van der Waals surface area contributed by atoms with Crippen LogP contribution in [0.5, 0.6) is 0 Å². The first-order chi connectivity index (χ1) is 7.66. The van der Waals surface area contributed by atoms with E-state index in [2.05, 4.69) is 39.9 Å². The Balaban J connectivity index is 2.17. The smallest absolute Gasteiger partial charge is 0.159 e. The molecule has 0 saturated carbocycles. The summed E-state index contributed by atoms with van der Waals surface area (Å²) in [6.07, 6.45) is 2.27. The highest BCUT2D eigenvalue weighted by Gasteiger charge is 2.22. The standard InChI is InChI=1S/C11H17BrN2OS/c1-14(2)7-9-10(16-11(12)13-9)8-3-5-15-6-4-8/h8H,3-7H2,1-2H3. The first-order valence-electron chi connectivity index (χ1n) is 5.54. The van der Waals surface area contributed by atoms with Crippen LogP contribution in [0.1, 0.15) is 29.3 Å². The number of aromatic nitrogens is 1. The molecule has 16 heavy (non-hydrogen) atoms. The number of hydrogen-bond donors (Lipinski definition) is 0. The molecule has 2 rings (SSSR count). The molecule has 0 N–H and O–H groups in total. The fourth-order valence-electron chi connectivity index (χ4n) is 2.03. The molecule has 3 nitrogen and oxygen atoms in total. The summed E-state index contributed by atoms with van der Waals surface area (Å²) in [6, 6.07) is 0. The minimum absolute atomic E-state index is 0.646. The lowest BCUT2D eigenvalue weighted by Gasteiger charge is -2.22. The van der Waals surface area contributed by atoms with Crippen LogP contribution in [0.25, 0.3) is 0 Å². The summed E-state index contributed by atoms with van der Waals surface area (Å²) in [7, 11) is 4.17. The summed E-state index contributed by atoms with van der Waals surface area (Å²) in [5.41, 5.74) is 1.23. The molecule has 1 aliphatic rings. The van der Waals surface area contributed by atoms with Crippen LogP contribution in [0.15, 0.2) is 3.92 Å². The van der Waals surface area contributed by atoms with Crippen molar-refractivity contribution in [3.05, 3.63) is 14.5 Å². The van der Waals surface area contributed by atoms with E-state index >= 15 is 0 Å². The molecule has 5 heteroatoms. The van der Waals surface area contributed by atoms with E-state index in [4.69, 9.17) is 4.74 Å².